The van der Waals surface area contributed by atoms with Gasteiger partial charge in [0.05, 0.1) is 4.90 Å². The lowest BCUT2D eigenvalue weighted by Crippen LogP contribution is -2.34. The van der Waals surface area contributed by atoms with Crippen molar-refractivity contribution in [2.75, 3.05) is 13.1 Å². The third-order valence-electron chi connectivity index (χ3n) is 3.35. The molecule has 0 heterocycles. The van der Waals surface area contributed by atoms with Crippen molar-refractivity contribution in [1.29, 1.82) is 0 Å². The summed E-state index contributed by atoms with van der Waals surface area (Å²) in [6, 6.07) is 16.1. The molecule has 2 aromatic rings. The zero-order valence-corrected chi connectivity index (χ0v) is 15.4. The van der Waals surface area contributed by atoms with Crippen LogP contribution in [0.5, 0.6) is 0 Å². The van der Waals surface area contributed by atoms with Crippen LogP contribution in [-0.4, -0.2) is 27.4 Å². The number of benzene rings is 2. The first kappa shape index (κ1) is 18.6. The second-order valence-electron chi connectivity index (χ2n) is 5.19. The Morgan fingerprint density at radius 3 is 2.29 bits per heavy atom. The van der Waals surface area contributed by atoms with Crippen molar-refractivity contribution in [2.24, 2.45) is 0 Å². The Balaban J connectivity index is 1.70. The quantitative estimate of drug-likeness (QED) is 0.656. The highest BCUT2D eigenvalue weighted by Gasteiger charge is 2.12. The van der Waals surface area contributed by atoms with Crippen LogP contribution in [0, 0.1) is 0 Å². The van der Waals surface area contributed by atoms with Crippen molar-refractivity contribution in [3.8, 4) is 0 Å². The van der Waals surface area contributed by atoms with Gasteiger partial charge < -0.3 is 5.32 Å². The van der Waals surface area contributed by atoms with E-state index in [9.17, 15) is 13.2 Å². The number of nitrogens with one attached hydrogen (secondary N) is 2. The molecule has 0 aliphatic rings. The van der Waals surface area contributed by atoms with Gasteiger partial charge in [0.25, 0.3) is 0 Å². The molecule has 0 aliphatic heterocycles. The number of sulfonamides is 1. The summed E-state index contributed by atoms with van der Waals surface area (Å²) in [5, 5.41) is 2.71. The Kier molecular flexibility index (Phi) is 6.96. The van der Waals surface area contributed by atoms with Crippen LogP contribution in [-0.2, 0) is 21.2 Å². The summed E-state index contributed by atoms with van der Waals surface area (Å²) in [7, 11) is -3.55. The lowest BCUT2D eigenvalue weighted by atomic mass is 10.1. The fraction of sp³-hybridized carbons (Fsp3) is 0.235. The van der Waals surface area contributed by atoms with Gasteiger partial charge in [-0.2, -0.15) is 0 Å². The first-order chi connectivity index (χ1) is 11.5. The molecular formula is C17H19BrN2O3S. The molecule has 128 valence electrons. The van der Waals surface area contributed by atoms with Gasteiger partial charge in [-0.05, 0) is 36.2 Å². The standard InChI is InChI=1S/C17H19BrN2O3S/c18-15-7-9-16(10-8-15)24(22,23)20-13-12-19-17(21)11-6-14-4-2-1-3-5-14/h1-5,7-10,20H,6,11-13H2,(H,19,21). The van der Waals surface area contributed by atoms with Crippen molar-refractivity contribution in [3.05, 3.63) is 64.6 Å². The topological polar surface area (TPSA) is 75.3 Å². The van der Waals surface area contributed by atoms with Gasteiger partial charge in [0.1, 0.15) is 0 Å². The molecule has 24 heavy (non-hydrogen) atoms. The average molecular weight is 411 g/mol. The average Bonchev–Trinajstić information content (AvgIpc) is 2.58. The lowest BCUT2D eigenvalue weighted by molar-refractivity contribution is -0.121. The van der Waals surface area contributed by atoms with Gasteiger partial charge in [-0.3, -0.25) is 4.79 Å². The van der Waals surface area contributed by atoms with Crippen molar-refractivity contribution in [1.82, 2.24) is 10.0 Å². The zero-order valence-electron chi connectivity index (χ0n) is 13.0. The van der Waals surface area contributed by atoms with Gasteiger partial charge >= 0.3 is 0 Å². The van der Waals surface area contributed by atoms with E-state index >= 15 is 0 Å². The Labute approximate surface area is 150 Å². The van der Waals surface area contributed by atoms with Crippen molar-refractivity contribution < 1.29 is 13.2 Å². The third-order valence-corrected chi connectivity index (χ3v) is 5.35. The monoisotopic (exact) mass is 410 g/mol. The van der Waals surface area contributed by atoms with Gasteiger partial charge in [-0.1, -0.05) is 46.3 Å². The molecular weight excluding hydrogens is 392 g/mol. The number of carbonyl (C=O) groups excluding carboxylic acids is 1. The predicted molar refractivity (Wildman–Crippen MR) is 97.1 cm³/mol. The molecule has 2 N–H and O–H groups in total. The number of aryl methyl sites for hydroxylation is 1. The molecule has 7 heteroatoms. The zero-order chi connectivity index (χ0) is 17.4. The Morgan fingerprint density at radius 1 is 0.958 bits per heavy atom. The van der Waals surface area contributed by atoms with E-state index in [1.165, 1.54) is 12.1 Å². The summed E-state index contributed by atoms with van der Waals surface area (Å²) >= 11 is 3.26. The van der Waals surface area contributed by atoms with Crippen LogP contribution in [0.4, 0.5) is 0 Å². The molecule has 0 radical (unpaired) electrons. The minimum Gasteiger partial charge on any atom is -0.355 e. The summed E-state index contributed by atoms with van der Waals surface area (Å²) in [4.78, 5) is 12.0. The van der Waals surface area contributed by atoms with Gasteiger partial charge in [0, 0.05) is 24.0 Å². The lowest BCUT2D eigenvalue weighted by Gasteiger charge is -2.08. The molecule has 0 atom stereocenters. The van der Waals surface area contributed by atoms with E-state index in [0.717, 1.165) is 10.0 Å². The maximum Gasteiger partial charge on any atom is 0.240 e. The molecule has 0 spiro atoms. The second-order valence-corrected chi connectivity index (χ2v) is 7.87. The Bertz CT molecular complexity index is 762. The van der Waals surface area contributed by atoms with E-state index in [0.29, 0.717) is 12.8 Å². The van der Waals surface area contributed by atoms with Crippen LogP contribution in [0.25, 0.3) is 0 Å². The van der Waals surface area contributed by atoms with Crippen molar-refractivity contribution >= 4 is 31.9 Å². The SMILES string of the molecule is O=C(CCc1ccccc1)NCCNS(=O)(=O)c1ccc(Br)cc1. The first-order valence-electron chi connectivity index (χ1n) is 7.53. The van der Waals surface area contributed by atoms with E-state index in [4.69, 9.17) is 0 Å². The van der Waals surface area contributed by atoms with E-state index in [1.54, 1.807) is 12.1 Å². The molecule has 0 fully saturated rings. The second kappa shape index (κ2) is 8.96. The van der Waals surface area contributed by atoms with Crippen LogP contribution in [0.2, 0.25) is 0 Å². The Morgan fingerprint density at radius 2 is 1.62 bits per heavy atom. The summed E-state index contributed by atoms with van der Waals surface area (Å²) in [6.45, 7) is 0.402. The number of carbonyl (C=O) groups is 1. The summed E-state index contributed by atoms with van der Waals surface area (Å²) in [5.41, 5.74) is 1.10. The molecule has 5 nitrogen and oxygen atoms in total. The van der Waals surface area contributed by atoms with E-state index in [2.05, 4.69) is 26.0 Å². The number of hydrogen-bond donors (Lipinski definition) is 2. The molecule has 1 amide bonds. The molecule has 0 unspecified atom stereocenters. The largest absolute Gasteiger partial charge is 0.355 e. The number of halogens is 1. The number of rotatable bonds is 8. The molecule has 0 saturated heterocycles. The fourth-order valence-electron chi connectivity index (χ4n) is 2.08. The van der Waals surface area contributed by atoms with Gasteiger partial charge in [0.15, 0.2) is 0 Å². The van der Waals surface area contributed by atoms with Crippen LogP contribution < -0.4 is 10.0 Å². The summed E-state index contributed by atoms with van der Waals surface area (Å²) in [6.07, 6.45) is 1.04. The number of hydrogen-bond acceptors (Lipinski definition) is 3. The van der Waals surface area contributed by atoms with Gasteiger partial charge in [-0.15, -0.1) is 0 Å². The highest BCUT2D eigenvalue weighted by atomic mass is 79.9. The minimum absolute atomic E-state index is 0.0957. The maximum atomic E-state index is 12.1. The summed E-state index contributed by atoms with van der Waals surface area (Å²) in [5.74, 6) is -0.0957. The minimum atomic E-state index is -3.55. The predicted octanol–water partition coefficient (Wildman–Crippen LogP) is 2.48. The van der Waals surface area contributed by atoms with Crippen LogP contribution in [0.3, 0.4) is 0 Å². The number of amides is 1. The molecule has 0 aliphatic carbocycles. The van der Waals surface area contributed by atoms with E-state index in [1.807, 2.05) is 30.3 Å². The first-order valence-corrected chi connectivity index (χ1v) is 9.81. The van der Waals surface area contributed by atoms with E-state index < -0.39 is 10.0 Å². The Hall–Kier alpha value is -1.70. The van der Waals surface area contributed by atoms with Crippen molar-refractivity contribution in [3.63, 3.8) is 0 Å². The summed E-state index contributed by atoms with van der Waals surface area (Å²) < 4.78 is 27.4. The van der Waals surface area contributed by atoms with E-state index in [-0.39, 0.29) is 23.9 Å². The van der Waals surface area contributed by atoms with Crippen LogP contribution >= 0.6 is 15.9 Å². The smallest absolute Gasteiger partial charge is 0.240 e. The third kappa shape index (κ3) is 6.07. The molecule has 2 aromatic carbocycles. The van der Waals surface area contributed by atoms with Crippen LogP contribution in [0.15, 0.2) is 64.0 Å². The normalized spacial score (nSPS) is 11.2. The molecule has 0 bridgehead atoms. The maximum absolute atomic E-state index is 12.1. The van der Waals surface area contributed by atoms with Crippen molar-refractivity contribution in [2.45, 2.75) is 17.7 Å². The van der Waals surface area contributed by atoms with Gasteiger partial charge in [-0.25, -0.2) is 13.1 Å². The van der Waals surface area contributed by atoms with Gasteiger partial charge in [0.2, 0.25) is 15.9 Å². The molecule has 2 rings (SSSR count). The highest BCUT2D eigenvalue weighted by molar-refractivity contribution is 9.10. The molecule has 0 aromatic heterocycles. The van der Waals surface area contributed by atoms with Crippen LogP contribution in [0.1, 0.15) is 12.0 Å². The highest BCUT2D eigenvalue weighted by Crippen LogP contribution is 2.14. The fourth-order valence-corrected chi connectivity index (χ4v) is 3.37. The molecule has 0 saturated carbocycles.